The van der Waals surface area contributed by atoms with Gasteiger partial charge in [-0.05, 0) is 19.4 Å². The summed E-state index contributed by atoms with van der Waals surface area (Å²) in [6.45, 7) is 3.20. The number of nitrogens with one attached hydrogen (secondary N) is 1. The predicted molar refractivity (Wildman–Crippen MR) is 53.0 cm³/mol. The van der Waals surface area contributed by atoms with Gasteiger partial charge in [-0.3, -0.25) is 5.41 Å². The van der Waals surface area contributed by atoms with E-state index >= 15 is 0 Å². The molecule has 0 aromatic rings. The van der Waals surface area contributed by atoms with Gasteiger partial charge in [0.25, 0.3) is 0 Å². The number of likely N-dealkylation sites (tertiary alicyclic amines) is 1. The molecule has 1 atom stereocenters. The number of nitrogens with zero attached hydrogens (tertiary/aromatic N) is 1. The van der Waals surface area contributed by atoms with E-state index in [2.05, 4.69) is 4.90 Å². The van der Waals surface area contributed by atoms with E-state index in [4.69, 9.17) is 15.9 Å². The van der Waals surface area contributed by atoms with E-state index < -0.39 is 0 Å². The molecule has 4 heteroatoms. The highest BCUT2D eigenvalue weighted by molar-refractivity contribution is 5.76. The standard InChI is InChI=1S/C9H19N3O/c1-13-8-4-6-12(7-8)5-2-3-9(10)11/h8H,2-7H2,1H3,(H3,10,11). The zero-order chi connectivity index (χ0) is 9.68. The number of amidine groups is 1. The quantitative estimate of drug-likeness (QED) is 0.482. The summed E-state index contributed by atoms with van der Waals surface area (Å²) in [5, 5.41) is 7.08. The van der Waals surface area contributed by atoms with Crippen molar-refractivity contribution < 1.29 is 4.74 Å². The minimum Gasteiger partial charge on any atom is -0.388 e. The topological polar surface area (TPSA) is 62.3 Å². The molecule has 1 fully saturated rings. The molecule has 4 nitrogen and oxygen atoms in total. The summed E-state index contributed by atoms with van der Waals surface area (Å²) < 4.78 is 5.26. The maximum atomic E-state index is 7.08. The Hall–Kier alpha value is -0.610. The van der Waals surface area contributed by atoms with Crippen molar-refractivity contribution in [3.63, 3.8) is 0 Å². The Morgan fingerprint density at radius 3 is 3.00 bits per heavy atom. The molecule has 76 valence electrons. The van der Waals surface area contributed by atoms with Crippen LogP contribution in [0.5, 0.6) is 0 Å². The van der Waals surface area contributed by atoms with Crippen molar-refractivity contribution >= 4 is 5.84 Å². The van der Waals surface area contributed by atoms with Crippen LogP contribution in [-0.2, 0) is 4.74 Å². The summed E-state index contributed by atoms with van der Waals surface area (Å²) in [6.07, 6.45) is 3.26. The average molecular weight is 185 g/mol. The molecule has 0 spiro atoms. The van der Waals surface area contributed by atoms with Crippen molar-refractivity contribution in [3.05, 3.63) is 0 Å². The first-order valence-corrected chi connectivity index (χ1v) is 4.80. The smallest absolute Gasteiger partial charge is 0.0905 e. The van der Waals surface area contributed by atoms with Crippen LogP contribution < -0.4 is 5.73 Å². The van der Waals surface area contributed by atoms with Gasteiger partial charge in [-0.25, -0.2) is 0 Å². The maximum absolute atomic E-state index is 7.08. The summed E-state index contributed by atoms with van der Waals surface area (Å²) in [5.41, 5.74) is 5.27. The van der Waals surface area contributed by atoms with Crippen LogP contribution in [0.3, 0.4) is 0 Å². The summed E-state index contributed by atoms with van der Waals surface area (Å²) in [4.78, 5) is 2.37. The molecule has 1 unspecified atom stereocenters. The van der Waals surface area contributed by atoms with Crippen molar-refractivity contribution in [3.8, 4) is 0 Å². The highest BCUT2D eigenvalue weighted by Gasteiger charge is 2.20. The number of hydrogen-bond acceptors (Lipinski definition) is 3. The minimum absolute atomic E-state index is 0.294. The zero-order valence-electron chi connectivity index (χ0n) is 8.25. The van der Waals surface area contributed by atoms with E-state index in [0.717, 1.165) is 32.5 Å². The highest BCUT2D eigenvalue weighted by Crippen LogP contribution is 2.11. The van der Waals surface area contributed by atoms with E-state index in [1.54, 1.807) is 7.11 Å². The van der Waals surface area contributed by atoms with Gasteiger partial charge in [0.2, 0.25) is 0 Å². The highest BCUT2D eigenvalue weighted by atomic mass is 16.5. The Morgan fingerprint density at radius 2 is 2.46 bits per heavy atom. The molecule has 1 heterocycles. The lowest BCUT2D eigenvalue weighted by Crippen LogP contribution is -2.25. The number of rotatable bonds is 5. The second kappa shape index (κ2) is 5.19. The fraction of sp³-hybridized carbons (Fsp3) is 0.889. The lowest BCUT2D eigenvalue weighted by molar-refractivity contribution is 0.108. The normalized spacial score (nSPS) is 23.6. The lowest BCUT2D eigenvalue weighted by atomic mass is 10.3. The largest absolute Gasteiger partial charge is 0.388 e. The van der Waals surface area contributed by atoms with Crippen molar-refractivity contribution in [2.45, 2.75) is 25.4 Å². The first-order chi connectivity index (χ1) is 6.22. The number of hydrogen-bond donors (Lipinski definition) is 2. The van der Waals surface area contributed by atoms with Crippen LogP contribution in [0.2, 0.25) is 0 Å². The molecule has 0 bridgehead atoms. The molecule has 0 aliphatic carbocycles. The van der Waals surface area contributed by atoms with Crippen molar-refractivity contribution in [1.29, 1.82) is 5.41 Å². The van der Waals surface area contributed by atoms with Crippen molar-refractivity contribution in [2.24, 2.45) is 5.73 Å². The van der Waals surface area contributed by atoms with Crippen LogP contribution in [0.4, 0.5) is 0 Å². The van der Waals surface area contributed by atoms with Gasteiger partial charge in [0.1, 0.15) is 0 Å². The number of nitrogens with two attached hydrogens (primary N) is 1. The fourth-order valence-corrected chi connectivity index (χ4v) is 1.69. The Kier molecular flexibility index (Phi) is 4.18. The minimum atomic E-state index is 0.294. The Labute approximate surface area is 79.6 Å². The third-order valence-corrected chi connectivity index (χ3v) is 2.48. The molecule has 0 radical (unpaired) electrons. The Morgan fingerprint density at radius 1 is 1.69 bits per heavy atom. The van der Waals surface area contributed by atoms with Crippen molar-refractivity contribution in [2.75, 3.05) is 26.7 Å². The van der Waals surface area contributed by atoms with E-state index in [-0.39, 0.29) is 0 Å². The van der Waals surface area contributed by atoms with Gasteiger partial charge in [-0.15, -0.1) is 0 Å². The third kappa shape index (κ3) is 3.74. The van der Waals surface area contributed by atoms with E-state index in [1.165, 1.54) is 0 Å². The SMILES string of the molecule is COC1CCN(CCCC(=N)N)C1. The summed E-state index contributed by atoms with van der Waals surface area (Å²) >= 11 is 0. The van der Waals surface area contributed by atoms with Crippen LogP contribution in [0.1, 0.15) is 19.3 Å². The van der Waals surface area contributed by atoms with E-state index in [0.29, 0.717) is 18.4 Å². The third-order valence-electron chi connectivity index (χ3n) is 2.48. The maximum Gasteiger partial charge on any atom is 0.0905 e. The predicted octanol–water partition coefficient (Wildman–Crippen LogP) is 0.423. The van der Waals surface area contributed by atoms with Gasteiger partial charge in [-0.2, -0.15) is 0 Å². The van der Waals surface area contributed by atoms with E-state index in [1.807, 2.05) is 0 Å². The fourth-order valence-electron chi connectivity index (χ4n) is 1.69. The Bertz CT molecular complexity index is 172. The molecule has 1 rings (SSSR count). The number of methoxy groups -OCH3 is 1. The van der Waals surface area contributed by atoms with Gasteiger partial charge in [0, 0.05) is 26.6 Å². The summed E-state index contributed by atoms with van der Waals surface area (Å²) in [6, 6.07) is 0. The van der Waals surface area contributed by atoms with Crippen molar-refractivity contribution in [1.82, 2.24) is 4.90 Å². The zero-order valence-corrected chi connectivity index (χ0v) is 8.25. The van der Waals surface area contributed by atoms with Gasteiger partial charge in [-0.1, -0.05) is 0 Å². The first kappa shape index (κ1) is 10.5. The molecule has 0 saturated carbocycles. The molecular weight excluding hydrogens is 166 g/mol. The molecule has 0 aromatic carbocycles. The molecule has 0 amide bonds. The number of ether oxygens (including phenoxy) is 1. The van der Waals surface area contributed by atoms with E-state index in [9.17, 15) is 0 Å². The second-order valence-electron chi connectivity index (χ2n) is 3.58. The molecule has 3 N–H and O–H groups in total. The van der Waals surface area contributed by atoms with Gasteiger partial charge >= 0.3 is 0 Å². The molecular formula is C9H19N3O. The first-order valence-electron chi connectivity index (χ1n) is 4.80. The monoisotopic (exact) mass is 185 g/mol. The molecule has 0 aromatic heterocycles. The molecule has 1 aliphatic rings. The molecule has 1 saturated heterocycles. The van der Waals surface area contributed by atoms with Crippen LogP contribution in [0, 0.1) is 5.41 Å². The summed E-state index contributed by atoms with van der Waals surface area (Å²) in [7, 11) is 1.77. The van der Waals surface area contributed by atoms with Crippen LogP contribution in [0.15, 0.2) is 0 Å². The van der Waals surface area contributed by atoms with Gasteiger partial charge in [0.15, 0.2) is 0 Å². The Balaban J connectivity index is 2.07. The van der Waals surface area contributed by atoms with Crippen LogP contribution in [0.25, 0.3) is 0 Å². The summed E-state index contributed by atoms with van der Waals surface area (Å²) in [5.74, 6) is 0.294. The average Bonchev–Trinajstić information content (AvgIpc) is 2.52. The second-order valence-corrected chi connectivity index (χ2v) is 3.58. The van der Waals surface area contributed by atoms with Crippen LogP contribution in [-0.4, -0.2) is 43.6 Å². The van der Waals surface area contributed by atoms with Gasteiger partial charge < -0.3 is 15.4 Å². The van der Waals surface area contributed by atoms with Crippen LogP contribution >= 0.6 is 0 Å². The molecule has 1 aliphatic heterocycles. The van der Waals surface area contributed by atoms with Gasteiger partial charge in [0.05, 0.1) is 11.9 Å². The lowest BCUT2D eigenvalue weighted by Gasteiger charge is -2.14. The molecule has 13 heavy (non-hydrogen) atoms.